The number of amides is 1. The summed E-state index contributed by atoms with van der Waals surface area (Å²) in [5.74, 6) is -0.393. The highest BCUT2D eigenvalue weighted by Crippen LogP contribution is 2.20. The van der Waals surface area contributed by atoms with E-state index in [1.807, 2.05) is 4.90 Å². The first-order valence-corrected chi connectivity index (χ1v) is 6.63. The number of carbonyl (C=O) groups excluding carboxylic acids is 1. The second-order valence-electron chi connectivity index (χ2n) is 5.08. The SMILES string of the molecule is NC(=O)[C@]1(O)CCCN(CCOc2ccc(F)cc2)C1. The number of piperidine rings is 1. The molecule has 0 aromatic heterocycles. The van der Waals surface area contributed by atoms with Gasteiger partial charge in [-0.1, -0.05) is 0 Å². The first kappa shape index (κ1) is 14.7. The Kier molecular flexibility index (Phi) is 4.57. The molecular formula is C14H19FN2O3. The number of halogens is 1. The van der Waals surface area contributed by atoms with E-state index < -0.39 is 11.5 Å². The van der Waals surface area contributed by atoms with Gasteiger partial charge in [0.25, 0.3) is 5.91 Å². The van der Waals surface area contributed by atoms with Crippen LogP contribution < -0.4 is 10.5 Å². The van der Waals surface area contributed by atoms with Gasteiger partial charge < -0.3 is 15.6 Å². The van der Waals surface area contributed by atoms with E-state index in [1.54, 1.807) is 12.1 Å². The monoisotopic (exact) mass is 282 g/mol. The van der Waals surface area contributed by atoms with Crippen LogP contribution in [0.25, 0.3) is 0 Å². The Morgan fingerprint density at radius 2 is 2.15 bits per heavy atom. The number of primary amides is 1. The molecule has 1 amide bonds. The summed E-state index contributed by atoms with van der Waals surface area (Å²) >= 11 is 0. The number of hydrogen-bond acceptors (Lipinski definition) is 4. The van der Waals surface area contributed by atoms with Crippen LogP contribution in [0.1, 0.15) is 12.8 Å². The molecule has 1 aromatic rings. The number of benzene rings is 1. The molecule has 0 spiro atoms. The molecule has 6 heteroatoms. The predicted octanol–water partition coefficient (Wildman–Crippen LogP) is 0.517. The molecule has 1 fully saturated rings. The lowest BCUT2D eigenvalue weighted by molar-refractivity contribution is -0.142. The Morgan fingerprint density at radius 3 is 2.80 bits per heavy atom. The van der Waals surface area contributed by atoms with Crippen molar-refractivity contribution in [1.29, 1.82) is 0 Å². The van der Waals surface area contributed by atoms with Gasteiger partial charge in [0.05, 0.1) is 0 Å². The maximum Gasteiger partial charge on any atom is 0.250 e. The molecule has 0 aliphatic carbocycles. The predicted molar refractivity (Wildman–Crippen MR) is 71.7 cm³/mol. The van der Waals surface area contributed by atoms with Gasteiger partial charge in [-0.15, -0.1) is 0 Å². The minimum atomic E-state index is -1.44. The molecule has 20 heavy (non-hydrogen) atoms. The number of aliphatic hydroxyl groups is 1. The smallest absolute Gasteiger partial charge is 0.250 e. The first-order valence-electron chi connectivity index (χ1n) is 6.63. The summed E-state index contributed by atoms with van der Waals surface area (Å²) in [4.78, 5) is 13.2. The van der Waals surface area contributed by atoms with Crippen molar-refractivity contribution in [2.75, 3.05) is 26.2 Å². The van der Waals surface area contributed by atoms with Gasteiger partial charge in [-0.25, -0.2) is 4.39 Å². The summed E-state index contributed by atoms with van der Waals surface area (Å²) < 4.78 is 18.2. The zero-order valence-corrected chi connectivity index (χ0v) is 11.2. The van der Waals surface area contributed by atoms with E-state index in [2.05, 4.69) is 0 Å². The third-order valence-corrected chi connectivity index (χ3v) is 3.50. The number of likely N-dealkylation sites (tertiary alicyclic amines) is 1. The number of hydrogen-bond donors (Lipinski definition) is 2. The molecule has 1 aromatic carbocycles. The summed E-state index contributed by atoms with van der Waals surface area (Å²) in [6.07, 6.45) is 1.12. The quantitative estimate of drug-likeness (QED) is 0.825. The lowest BCUT2D eigenvalue weighted by Gasteiger charge is -2.36. The minimum Gasteiger partial charge on any atom is -0.492 e. The van der Waals surface area contributed by atoms with Crippen molar-refractivity contribution in [2.24, 2.45) is 5.73 Å². The fraction of sp³-hybridized carbons (Fsp3) is 0.500. The summed E-state index contributed by atoms with van der Waals surface area (Å²) in [6.45, 7) is 2.00. The highest BCUT2D eigenvalue weighted by molar-refractivity contribution is 5.83. The zero-order chi connectivity index (χ0) is 14.6. The number of ether oxygens (including phenoxy) is 1. The fourth-order valence-electron chi connectivity index (χ4n) is 2.34. The van der Waals surface area contributed by atoms with Crippen LogP contribution >= 0.6 is 0 Å². The van der Waals surface area contributed by atoms with Crippen LogP contribution in [-0.2, 0) is 4.79 Å². The van der Waals surface area contributed by atoms with E-state index in [-0.39, 0.29) is 12.4 Å². The summed E-state index contributed by atoms with van der Waals surface area (Å²) in [7, 11) is 0. The zero-order valence-electron chi connectivity index (χ0n) is 11.2. The van der Waals surface area contributed by atoms with Crippen LogP contribution in [0.5, 0.6) is 5.75 Å². The summed E-state index contributed by atoms with van der Waals surface area (Å²) in [5.41, 5.74) is 3.78. The molecule has 0 saturated carbocycles. The maximum absolute atomic E-state index is 12.7. The van der Waals surface area contributed by atoms with Crippen LogP contribution in [0.15, 0.2) is 24.3 Å². The second-order valence-corrected chi connectivity index (χ2v) is 5.08. The van der Waals surface area contributed by atoms with E-state index in [9.17, 15) is 14.3 Å². The Morgan fingerprint density at radius 1 is 1.45 bits per heavy atom. The Balaban J connectivity index is 1.79. The molecule has 2 rings (SSSR count). The first-order chi connectivity index (χ1) is 9.49. The fourth-order valence-corrected chi connectivity index (χ4v) is 2.34. The maximum atomic E-state index is 12.7. The highest BCUT2D eigenvalue weighted by atomic mass is 19.1. The van der Waals surface area contributed by atoms with E-state index in [1.165, 1.54) is 12.1 Å². The molecule has 1 aliphatic heterocycles. The van der Waals surface area contributed by atoms with Gasteiger partial charge in [-0.05, 0) is 43.7 Å². The van der Waals surface area contributed by atoms with Gasteiger partial charge >= 0.3 is 0 Å². The largest absolute Gasteiger partial charge is 0.492 e. The molecule has 110 valence electrons. The van der Waals surface area contributed by atoms with E-state index in [0.29, 0.717) is 25.3 Å². The van der Waals surface area contributed by atoms with Crippen LogP contribution in [0.4, 0.5) is 4.39 Å². The lowest BCUT2D eigenvalue weighted by atomic mass is 9.92. The second kappa shape index (κ2) is 6.19. The van der Waals surface area contributed by atoms with E-state index in [4.69, 9.17) is 10.5 Å². The molecule has 0 unspecified atom stereocenters. The summed E-state index contributed by atoms with van der Waals surface area (Å²) in [5, 5.41) is 10.1. The number of nitrogens with zero attached hydrogens (tertiary/aromatic N) is 1. The van der Waals surface area contributed by atoms with Crippen LogP contribution in [0.2, 0.25) is 0 Å². The number of carbonyl (C=O) groups is 1. The topological polar surface area (TPSA) is 75.8 Å². The van der Waals surface area contributed by atoms with Gasteiger partial charge in [-0.3, -0.25) is 9.69 Å². The van der Waals surface area contributed by atoms with E-state index >= 15 is 0 Å². The Bertz CT molecular complexity index is 466. The third-order valence-electron chi connectivity index (χ3n) is 3.50. The number of rotatable bonds is 5. The Labute approximate surface area is 117 Å². The molecule has 0 radical (unpaired) electrons. The normalized spacial score (nSPS) is 23.5. The van der Waals surface area contributed by atoms with Gasteiger partial charge in [-0.2, -0.15) is 0 Å². The van der Waals surface area contributed by atoms with Crippen molar-refractivity contribution >= 4 is 5.91 Å². The van der Waals surface area contributed by atoms with Gasteiger partial charge in [0, 0.05) is 13.1 Å². The molecular weight excluding hydrogens is 263 g/mol. The third kappa shape index (κ3) is 3.68. The minimum absolute atomic E-state index is 0.231. The average Bonchev–Trinajstić information content (AvgIpc) is 2.41. The average molecular weight is 282 g/mol. The molecule has 1 atom stereocenters. The molecule has 1 heterocycles. The number of nitrogens with two attached hydrogens (primary N) is 1. The van der Waals surface area contributed by atoms with E-state index in [0.717, 1.165) is 13.0 Å². The van der Waals surface area contributed by atoms with Crippen molar-refractivity contribution in [3.8, 4) is 5.75 Å². The van der Waals surface area contributed by atoms with Crippen molar-refractivity contribution in [3.05, 3.63) is 30.1 Å². The standard InChI is InChI=1S/C14H19FN2O3/c15-11-2-4-12(5-3-11)20-9-8-17-7-1-6-14(19,10-17)13(16)18/h2-5,19H,1,6-10H2,(H2,16,18)/t14-/m0/s1. The molecule has 3 N–H and O–H groups in total. The van der Waals surface area contributed by atoms with Gasteiger partial charge in [0.15, 0.2) is 5.60 Å². The van der Waals surface area contributed by atoms with Crippen LogP contribution in [-0.4, -0.2) is 47.8 Å². The van der Waals surface area contributed by atoms with Crippen molar-refractivity contribution in [2.45, 2.75) is 18.4 Å². The Hall–Kier alpha value is -1.66. The summed E-state index contributed by atoms with van der Waals surface area (Å²) in [6, 6.07) is 5.79. The lowest BCUT2D eigenvalue weighted by Crippen LogP contribution is -2.56. The highest BCUT2D eigenvalue weighted by Gasteiger charge is 2.38. The van der Waals surface area contributed by atoms with Crippen molar-refractivity contribution in [1.82, 2.24) is 4.90 Å². The van der Waals surface area contributed by atoms with Crippen molar-refractivity contribution < 1.29 is 19.0 Å². The van der Waals surface area contributed by atoms with Gasteiger partial charge in [0.1, 0.15) is 18.2 Å². The molecule has 0 bridgehead atoms. The van der Waals surface area contributed by atoms with Crippen LogP contribution in [0, 0.1) is 5.82 Å². The van der Waals surface area contributed by atoms with Gasteiger partial charge in [0.2, 0.25) is 0 Å². The van der Waals surface area contributed by atoms with Crippen molar-refractivity contribution in [3.63, 3.8) is 0 Å². The van der Waals surface area contributed by atoms with Crippen LogP contribution in [0.3, 0.4) is 0 Å². The number of β-amino-alcohol motifs (C(OH)–C–C–N with tert-alkyl or cyclic N) is 1. The molecule has 1 aliphatic rings. The molecule has 1 saturated heterocycles. The molecule has 5 nitrogen and oxygen atoms in total.